The summed E-state index contributed by atoms with van der Waals surface area (Å²) >= 11 is 1.96. The highest BCUT2D eigenvalue weighted by Crippen LogP contribution is 2.43. The molecule has 1 atom stereocenters. The van der Waals surface area contributed by atoms with Crippen LogP contribution in [0.2, 0.25) is 0 Å². The Kier molecular flexibility index (Phi) is 4.48. The molecule has 1 fully saturated rings. The summed E-state index contributed by atoms with van der Waals surface area (Å²) in [5.41, 5.74) is 1.31. The molecule has 0 N–H and O–H groups in total. The van der Waals surface area contributed by atoms with Crippen molar-refractivity contribution in [2.24, 2.45) is 0 Å². The minimum atomic E-state index is -0.121. The molecule has 1 aliphatic heterocycles. The fraction of sp³-hybridized carbons (Fsp3) is 0.571. The third-order valence-electron chi connectivity index (χ3n) is 3.06. The van der Waals surface area contributed by atoms with Crippen molar-refractivity contribution >= 4 is 11.8 Å². The number of nitrogens with zero attached hydrogens (tertiary/aromatic N) is 1. The lowest BCUT2D eigenvalue weighted by atomic mass is 10.1. The normalized spacial score (nSPS) is 25.1. The van der Waals surface area contributed by atoms with Gasteiger partial charge in [0, 0.05) is 19.6 Å². The van der Waals surface area contributed by atoms with Gasteiger partial charge in [0.2, 0.25) is 0 Å². The van der Waals surface area contributed by atoms with Gasteiger partial charge in [-0.3, -0.25) is 0 Å². The van der Waals surface area contributed by atoms with Crippen molar-refractivity contribution in [2.75, 3.05) is 33.0 Å². The maximum Gasteiger partial charge on any atom is 0.140 e. The molecule has 0 aliphatic carbocycles. The second-order valence-electron chi connectivity index (χ2n) is 4.72. The van der Waals surface area contributed by atoms with E-state index in [1.807, 2.05) is 11.8 Å². The molecule has 0 aromatic heterocycles. The minimum absolute atomic E-state index is 0.121. The SMILES string of the molecule is CN(C)CCC1(c2ccccc2)OCCCS1. The lowest BCUT2D eigenvalue weighted by Crippen LogP contribution is -2.34. The molecule has 1 aliphatic rings. The summed E-state index contributed by atoms with van der Waals surface area (Å²) in [5, 5.41) is 0. The van der Waals surface area contributed by atoms with E-state index in [2.05, 4.69) is 49.3 Å². The van der Waals surface area contributed by atoms with Crippen molar-refractivity contribution in [3.63, 3.8) is 0 Å². The molecule has 0 bridgehead atoms. The molecular weight excluding hydrogens is 230 g/mol. The molecule has 1 saturated heterocycles. The first-order valence-corrected chi connectivity index (χ1v) is 7.20. The van der Waals surface area contributed by atoms with Gasteiger partial charge in [-0.15, -0.1) is 11.8 Å². The van der Waals surface area contributed by atoms with Gasteiger partial charge >= 0.3 is 0 Å². The second kappa shape index (κ2) is 5.89. The summed E-state index contributed by atoms with van der Waals surface area (Å²) < 4.78 is 6.14. The highest BCUT2D eigenvalue weighted by molar-refractivity contribution is 8.00. The second-order valence-corrected chi connectivity index (χ2v) is 6.08. The number of thioether (sulfide) groups is 1. The maximum atomic E-state index is 6.14. The van der Waals surface area contributed by atoms with Crippen LogP contribution >= 0.6 is 11.8 Å². The molecule has 0 radical (unpaired) electrons. The number of ether oxygens (including phenoxy) is 1. The van der Waals surface area contributed by atoms with Crippen LogP contribution in [0.3, 0.4) is 0 Å². The van der Waals surface area contributed by atoms with Crippen LogP contribution in [-0.4, -0.2) is 37.9 Å². The van der Waals surface area contributed by atoms with Crippen molar-refractivity contribution in [2.45, 2.75) is 17.8 Å². The fourth-order valence-corrected chi connectivity index (χ4v) is 3.39. The van der Waals surface area contributed by atoms with E-state index >= 15 is 0 Å². The van der Waals surface area contributed by atoms with Crippen LogP contribution in [0.15, 0.2) is 30.3 Å². The van der Waals surface area contributed by atoms with Crippen LogP contribution in [0.1, 0.15) is 18.4 Å². The van der Waals surface area contributed by atoms with Crippen LogP contribution in [0.4, 0.5) is 0 Å². The number of benzene rings is 1. The molecule has 2 nitrogen and oxygen atoms in total. The van der Waals surface area contributed by atoms with Gasteiger partial charge in [0.15, 0.2) is 0 Å². The van der Waals surface area contributed by atoms with Gasteiger partial charge in [-0.1, -0.05) is 30.3 Å². The van der Waals surface area contributed by atoms with Crippen LogP contribution < -0.4 is 0 Å². The molecule has 94 valence electrons. The highest BCUT2D eigenvalue weighted by atomic mass is 32.2. The van der Waals surface area contributed by atoms with Gasteiger partial charge in [-0.25, -0.2) is 0 Å². The van der Waals surface area contributed by atoms with Gasteiger partial charge < -0.3 is 9.64 Å². The summed E-state index contributed by atoms with van der Waals surface area (Å²) in [5.74, 6) is 1.20. The molecule has 1 aromatic carbocycles. The Morgan fingerprint density at radius 2 is 2.06 bits per heavy atom. The quantitative estimate of drug-likeness (QED) is 0.816. The zero-order valence-corrected chi connectivity index (χ0v) is 11.5. The first kappa shape index (κ1) is 12.9. The summed E-state index contributed by atoms with van der Waals surface area (Å²) in [7, 11) is 4.23. The first-order valence-electron chi connectivity index (χ1n) is 6.21. The standard InChI is InChI=1S/C14H21NOS/c1-15(2)10-9-14(16-11-6-12-17-14)13-7-4-3-5-8-13/h3-5,7-8H,6,9-12H2,1-2H3. The van der Waals surface area contributed by atoms with E-state index in [0.29, 0.717) is 0 Å². The van der Waals surface area contributed by atoms with E-state index in [9.17, 15) is 0 Å². The topological polar surface area (TPSA) is 12.5 Å². The Hall–Kier alpha value is -0.510. The summed E-state index contributed by atoms with van der Waals surface area (Å²) in [6.45, 7) is 1.94. The van der Waals surface area contributed by atoms with Crippen molar-refractivity contribution in [3.05, 3.63) is 35.9 Å². The maximum absolute atomic E-state index is 6.14. The number of hydrogen-bond donors (Lipinski definition) is 0. The third kappa shape index (κ3) is 3.24. The Balaban J connectivity index is 2.17. The molecule has 17 heavy (non-hydrogen) atoms. The van der Waals surface area contributed by atoms with Gasteiger partial charge in [0.25, 0.3) is 0 Å². The van der Waals surface area contributed by atoms with Crippen LogP contribution in [0.25, 0.3) is 0 Å². The molecule has 1 heterocycles. The van der Waals surface area contributed by atoms with Crippen molar-refractivity contribution < 1.29 is 4.74 Å². The first-order chi connectivity index (χ1) is 8.23. The largest absolute Gasteiger partial charge is 0.360 e. The number of hydrogen-bond acceptors (Lipinski definition) is 3. The minimum Gasteiger partial charge on any atom is -0.360 e. The Morgan fingerprint density at radius 3 is 2.65 bits per heavy atom. The smallest absolute Gasteiger partial charge is 0.140 e. The summed E-state index contributed by atoms with van der Waals surface area (Å²) in [4.78, 5) is 2.10. The average molecular weight is 251 g/mol. The Morgan fingerprint density at radius 1 is 1.29 bits per heavy atom. The van der Waals surface area contributed by atoms with Crippen LogP contribution in [0, 0.1) is 0 Å². The van der Waals surface area contributed by atoms with Gasteiger partial charge in [0.1, 0.15) is 4.93 Å². The van der Waals surface area contributed by atoms with E-state index in [4.69, 9.17) is 4.74 Å². The van der Waals surface area contributed by atoms with E-state index in [1.54, 1.807) is 0 Å². The van der Waals surface area contributed by atoms with E-state index in [0.717, 1.165) is 19.6 Å². The fourth-order valence-electron chi connectivity index (χ4n) is 2.09. The predicted octanol–water partition coefficient (Wildman–Crippen LogP) is 2.94. The van der Waals surface area contributed by atoms with Gasteiger partial charge in [0.05, 0.1) is 0 Å². The van der Waals surface area contributed by atoms with Crippen LogP contribution in [-0.2, 0) is 9.67 Å². The van der Waals surface area contributed by atoms with Crippen molar-refractivity contribution in [1.82, 2.24) is 4.90 Å². The molecule has 0 amide bonds. The van der Waals surface area contributed by atoms with E-state index in [-0.39, 0.29) is 4.93 Å². The number of rotatable bonds is 4. The van der Waals surface area contributed by atoms with Crippen molar-refractivity contribution in [1.29, 1.82) is 0 Å². The van der Waals surface area contributed by atoms with E-state index in [1.165, 1.54) is 17.7 Å². The third-order valence-corrected chi connectivity index (χ3v) is 4.58. The molecule has 2 rings (SSSR count). The van der Waals surface area contributed by atoms with Gasteiger partial charge in [-0.2, -0.15) is 0 Å². The molecule has 0 saturated carbocycles. The lowest BCUT2D eigenvalue weighted by molar-refractivity contribution is 0.00607. The van der Waals surface area contributed by atoms with Gasteiger partial charge in [-0.05, 0) is 31.8 Å². The molecule has 0 spiro atoms. The summed E-state index contributed by atoms with van der Waals surface area (Å²) in [6, 6.07) is 10.6. The molecule has 3 heteroatoms. The van der Waals surface area contributed by atoms with Crippen LogP contribution in [0.5, 0.6) is 0 Å². The predicted molar refractivity (Wildman–Crippen MR) is 74.3 cm³/mol. The molecule has 1 unspecified atom stereocenters. The average Bonchev–Trinajstić information content (AvgIpc) is 2.39. The highest BCUT2D eigenvalue weighted by Gasteiger charge is 2.35. The zero-order valence-electron chi connectivity index (χ0n) is 10.7. The van der Waals surface area contributed by atoms with Crippen molar-refractivity contribution in [3.8, 4) is 0 Å². The Labute approximate surface area is 108 Å². The monoisotopic (exact) mass is 251 g/mol. The van der Waals surface area contributed by atoms with E-state index < -0.39 is 0 Å². The molecular formula is C14H21NOS. The lowest BCUT2D eigenvalue weighted by Gasteiger charge is -2.38. The summed E-state index contributed by atoms with van der Waals surface area (Å²) in [6.07, 6.45) is 2.22. The zero-order chi connectivity index (χ0) is 12.1. The molecule has 1 aromatic rings. The Bertz CT molecular complexity index is 333.